The summed E-state index contributed by atoms with van der Waals surface area (Å²) >= 11 is 14.2. The van der Waals surface area contributed by atoms with Crippen LogP contribution in [0.1, 0.15) is 0 Å². The van der Waals surface area contributed by atoms with Crippen LogP contribution in [0.5, 0.6) is 0 Å². The normalized spacial score (nSPS) is 11.7. The van der Waals surface area contributed by atoms with Crippen LogP contribution in [0.3, 0.4) is 0 Å². The summed E-state index contributed by atoms with van der Waals surface area (Å²) in [6, 6.07) is 49.7. The lowest BCUT2D eigenvalue weighted by atomic mass is 9.89. The summed E-state index contributed by atoms with van der Waals surface area (Å²) in [6.45, 7) is 0. The van der Waals surface area contributed by atoms with Crippen LogP contribution in [-0.2, 0) is 0 Å². The molecule has 4 nitrogen and oxygen atoms in total. The zero-order chi connectivity index (χ0) is 39.6. The fraction of sp³-hybridized carbons (Fsp3) is 0. The van der Waals surface area contributed by atoms with E-state index in [1.54, 1.807) is 90.7 Å². The summed E-state index contributed by atoms with van der Waals surface area (Å²) in [7, 11) is 0. The molecule has 8 heterocycles. The lowest BCUT2D eigenvalue weighted by molar-refractivity contribution is 1.33. The van der Waals surface area contributed by atoms with Gasteiger partial charge in [-0.2, -0.15) is 0 Å². The van der Waals surface area contributed by atoms with Crippen LogP contribution in [0, 0.1) is 0 Å². The van der Waals surface area contributed by atoms with E-state index < -0.39 is 0 Å². The Hall–Kier alpha value is -5.28. The quantitative estimate of drug-likeness (QED) is 0.113. The highest BCUT2D eigenvalue weighted by molar-refractivity contribution is 7.18. The summed E-state index contributed by atoms with van der Waals surface area (Å²) in [5, 5.41) is 34.3. The maximum atomic E-state index is 2.47. The molecule has 12 aromatic rings. The van der Waals surface area contributed by atoms with Crippen molar-refractivity contribution in [3.63, 3.8) is 0 Å². The van der Waals surface area contributed by atoms with Crippen LogP contribution in [0.4, 0.5) is 62.8 Å². The van der Waals surface area contributed by atoms with Crippen molar-refractivity contribution in [2.45, 2.75) is 0 Å². The van der Waals surface area contributed by atoms with Crippen molar-refractivity contribution in [2.75, 3.05) is 19.6 Å². The Morgan fingerprint density at radius 1 is 0.233 bits per heavy atom. The third-order valence-corrected chi connectivity index (χ3v) is 17.4. The van der Waals surface area contributed by atoms with Gasteiger partial charge in [-0.1, -0.05) is 24.3 Å². The first-order valence-electron chi connectivity index (χ1n) is 19.1. The standard InChI is InChI=1S/C48H30N4S8/c1-9-39(53-21-1)49(40-10-2-22-54-40)35-29-36(50(41-11-3-23-55-41)42-12-4-24-56-42)32-19-20-34-38(52(45-15-7-27-59-45)46-16-8-28-60-46)30-37(33-18-17-31(35)47(32)48(33)34)51(43-13-5-25-57-43)44-14-6-26-58-44/h1-30H. The van der Waals surface area contributed by atoms with Crippen molar-refractivity contribution in [1.29, 1.82) is 0 Å². The zero-order valence-corrected chi connectivity index (χ0v) is 37.9. The van der Waals surface area contributed by atoms with Gasteiger partial charge in [-0.15, -0.1) is 90.7 Å². The van der Waals surface area contributed by atoms with Crippen LogP contribution < -0.4 is 19.6 Å². The molecule has 0 atom stereocenters. The molecule has 8 aromatic heterocycles. The maximum absolute atomic E-state index is 2.47. The zero-order valence-electron chi connectivity index (χ0n) is 31.4. The Bertz CT molecular complexity index is 2690. The van der Waals surface area contributed by atoms with E-state index in [0.29, 0.717) is 0 Å². The topological polar surface area (TPSA) is 13.0 Å². The first-order valence-corrected chi connectivity index (χ1v) is 26.1. The van der Waals surface area contributed by atoms with E-state index in [9.17, 15) is 0 Å². The summed E-state index contributed by atoms with van der Waals surface area (Å²) in [5.74, 6) is 0. The number of hydrogen-bond acceptors (Lipinski definition) is 12. The highest BCUT2D eigenvalue weighted by atomic mass is 32.1. The molecule has 4 aromatic carbocycles. The molecule has 0 bridgehead atoms. The molecule has 12 heteroatoms. The molecular formula is C48H30N4S8. The molecule has 12 rings (SSSR count). The lowest BCUT2D eigenvalue weighted by Gasteiger charge is -2.32. The van der Waals surface area contributed by atoms with Crippen molar-refractivity contribution in [3.8, 4) is 0 Å². The molecule has 0 saturated carbocycles. The molecule has 0 aliphatic heterocycles. The fourth-order valence-electron chi connectivity index (χ4n) is 8.22. The van der Waals surface area contributed by atoms with E-state index >= 15 is 0 Å². The Kier molecular flexibility index (Phi) is 9.34. The molecule has 60 heavy (non-hydrogen) atoms. The predicted molar refractivity (Wildman–Crippen MR) is 272 cm³/mol. The average Bonchev–Trinajstić information content (AvgIpc) is 4.13. The van der Waals surface area contributed by atoms with Crippen molar-refractivity contribution in [3.05, 3.63) is 177 Å². The lowest BCUT2D eigenvalue weighted by Crippen LogP contribution is -2.13. The minimum atomic E-state index is 1.16. The van der Waals surface area contributed by atoms with Gasteiger partial charge >= 0.3 is 0 Å². The molecule has 0 fully saturated rings. The largest absolute Gasteiger partial charge is 0.292 e. The Morgan fingerprint density at radius 2 is 0.417 bits per heavy atom. The van der Waals surface area contributed by atoms with Gasteiger partial charge in [-0.3, -0.25) is 19.6 Å². The van der Waals surface area contributed by atoms with E-state index in [2.05, 4.69) is 196 Å². The van der Waals surface area contributed by atoms with Gasteiger partial charge in [0.15, 0.2) is 0 Å². The molecule has 0 radical (unpaired) electrons. The highest BCUT2D eigenvalue weighted by Gasteiger charge is 2.30. The van der Waals surface area contributed by atoms with E-state index in [4.69, 9.17) is 0 Å². The average molecular weight is 919 g/mol. The predicted octanol–water partition coefficient (Wildman–Crippen LogP) is 19.0. The maximum Gasteiger partial charge on any atom is 0.101 e. The van der Waals surface area contributed by atoms with Gasteiger partial charge in [-0.25, -0.2) is 0 Å². The SMILES string of the molecule is c1csc(N(c2cccs2)c2cc(N(c3cccs3)c3cccs3)c3ccc4c(N(c5cccs5)c5cccs5)cc(N(c5cccs5)c5cccs5)c5ccc2c3c54)c1. The van der Waals surface area contributed by atoms with Gasteiger partial charge in [-0.05, 0) is 152 Å². The van der Waals surface area contributed by atoms with Crippen LogP contribution in [-0.4, -0.2) is 0 Å². The van der Waals surface area contributed by atoms with E-state index in [0.717, 1.165) is 22.7 Å². The Labute approximate surface area is 378 Å². The van der Waals surface area contributed by atoms with Crippen molar-refractivity contribution >= 4 is 186 Å². The molecule has 0 amide bonds. The molecule has 0 unspecified atom stereocenters. The Balaban J connectivity index is 1.27. The summed E-state index contributed by atoms with van der Waals surface area (Å²) in [5.41, 5.74) is 4.62. The number of rotatable bonds is 12. The van der Waals surface area contributed by atoms with Crippen molar-refractivity contribution < 1.29 is 0 Å². The Morgan fingerprint density at radius 3 is 0.567 bits per heavy atom. The summed E-state index contributed by atoms with van der Waals surface area (Å²) < 4.78 is 0. The van der Waals surface area contributed by atoms with Crippen LogP contribution >= 0.6 is 90.7 Å². The van der Waals surface area contributed by atoms with Gasteiger partial charge in [0.25, 0.3) is 0 Å². The molecule has 0 N–H and O–H groups in total. The number of benzene rings is 4. The smallest absolute Gasteiger partial charge is 0.101 e. The van der Waals surface area contributed by atoms with Crippen LogP contribution in [0.2, 0.25) is 0 Å². The number of thiophene rings is 8. The fourth-order valence-corrected chi connectivity index (χ4v) is 14.5. The van der Waals surface area contributed by atoms with Crippen LogP contribution in [0.25, 0.3) is 32.3 Å². The summed E-state index contributed by atoms with van der Waals surface area (Å²) in [6.07, 6.45) is 0. The first-order chi connectivity index (χ1) is 29.8. The molecule has 0 aliphatic carbocycles. The highest BCUT2D eigenvalue weighted by Crippen LogP contribution is 2.56. The summed E-state index contributed by atoms with van der Waals surface area (Å²) in [4.78, 5) is 9.89. The van der Waals surface area contributed by atoms with Gasteiger partial charge in [0.2, 0.25) is 0 Å². The van der Waals surface area contributed by atoms with Gasteiger partial charge < -0.3 is 0 Å². The van der Waals surface area contributed by atoms with E-state index in [-0.39, 0.29) is 0 Å². The van der Waals surface area contributed by atoms with Crippen molar-refractivity contribution in [1.82, 2.24) is 0 Å². The molecule has 0 spiro atoms. The third-order valence-electron chi connectivity index (χ3n) is 10.6. The van der Waals surface area contributed by atoms with Gasteiger partial charge in [0, 0.05) is 32.3 Å². The first kappa shape index (κ1) is 36.6. The van der Waals surface area contributed by atoms with Crippen molar-refractivity contribution in [2.24, 2.45) is 0 Å². The number of anilines is 12. The minimum absolute atomic E-state index is 1.16. The number of nitrogens with zero attached hydrogens (tertiary/aromatic N) is 4. The van der Waals surface area contributed by atoms with Gasteiger partial charge in [0.1, 0.15) is 40.0 Å². The molecule has 0 aliphatic rings. The van der Waals surface area contributed by atoms with E-state index in [1.807, 2.05) is 0 Å². The second-order valence-electron chi connectivity index (χ2n) is 13.9. The molecular weight excluding hydrogens is 889 g/mol. The minimum Gasteiger partial charge on any atom is -0.292 e. The number of hydrogen-bond donors (Lipinski definition) is 0. The molecule has 290 valence electrons. The van der Waals surface area contributed by atoms with Gasteiger partial charge in [0.05, 0.1) is 22.7 Å². The van der Waals surface area contributed by atoms with Crippen LogP contribution in [0.15, 0.2) is 177 Å². The third kappa shape index (κ3) is 6.05. The second kappa shape index (κ2) is 15.3. The monoisotopic (exact) mass is 918 g/mol. The second-order valence-corrected chi connectivity index (χ2v) is 21.3. The molecule has 0 saturated heterocycles. The van der Waals surface area contributed by atoms with E-state index in [1.165, 1.54) is 72.3 Å².